The van der Waals surface area contributed by atoms with Gasteiger partial charge < -0.3 is 10.2 Å². The SMILES string of the molecule is CCC(c1nc(C(N)=O)co1)C(C)C(C)C. The van der Waals surface area contributed by atoms with Gasteiger partial charge in [0, 0.05) is 5.92 Å². The minimum absolute atomic E-state index is 0.212. The van der Waals surface area contributed by atoms with Gasteiger partial charge in [-0.15, -0.1) is 0 Å². The number of primary amides is 1. The molecule has 4 heteroatoms. The lowest BCUT2D eigenvalue weighted by Gasteiger charge is -2.22. The van der Waals surface area contributed by atoms with E-state index in [9.17, 15) is 4.79 Å². The van der Waals surface area contributed by atoms with Gasteiger partial charge in [0.15, 0.2) is 11.6 Å². The van der Waals surface area contributed by atoms with Gasteiger partial charge in [-0.25, -0.2) is 4.98 Å². The molecule has 0 aliphatic rings. The second-order valence-corrected chi connectivity index (χ2v) is 4.55. The molecule has 0 aromatic carbocycles. The molecule has 1 rings (SSSR count). The molecule has 1 aromatic heterocycles. The Morgan fingerprint density at radius 2 is 2.12 bits per heavy atom. The van der Waals surface area contributed by atoms with Crippen LogP contribution in [0.25, 0.3) is 0 Å². The van der Waals surface area contributed by atoms with Crippen LogP contribution in [-0.4, -0.2) is 10.9 Å². The summed E-state index contributed by atoms with van der Waals surface area (Å²) in [4.78, 5) is 15.1. The lowest BCUT2D eigenvalue weighted by molar-refractivity contribution is 0.0995. The predicted molar refractivity (Wildman–Crippen MR) is 62.1 cm³/mol. The zero-order valence-corrected chi connectivity index (χ0v) is 10.4. The zero-order valence-electron chi connectivity index (χ0n) is 10.4. The van der Waals surface area contributed by atoms with Crippen molar-refractivity contribution >= 4 is 5.91 Å². The van der Waals surface area contributed by atoms with Gasteiger partial charge >= 0.3 is 0 Å². The van der Waals surface area contributed by atoms with E-state index in [1.807, 2.05) is 0 Å². The molecule has 2 unspecified atom stereocenters. The third kappa shape index (κ3) is 2.62. The van der Waals surface area contributed by atoms with Crippen molar-refractivity contribution in [3.8, 4) is 0 Å². The quantitative estimate of drug-likeness (QED) is 0.835. The van der Waals surface area contributed by atoms with E-state index >= 15 is 0 Å². The molecule has 0 radical (unpaired) electrons. The number of nitrogens with zero attached hydrogens (tertiary/aromatic N) is 1. The van der Waals surface area contributed by atoms with E-state index in [-0.39, 0.29) is 11.6 Å². The summed E-state index contributed by atoms with van der Waals surface area (Å²) >= 11 is 0. The van der Waals surface area contributed by atoms with Crippen LogP contribution < -0.4 is 5.73 Å². The van der Waals surface area contributed by atoms with Gasteiger partial charge in [-0.1, -0.05) is 27.7 Å². The molecule has 1 amide bonds. The summed E-state index contributed by atoms with van der Waals surface area (Å²) in [5, 5.41) is 0. The number of hydrogen-bond donors (Lipinski definition) is 1. The van der Waals surface area contributed by atoms with Gasteiger partial charge in [0.05, 0.1) is 0 Å². The first-order valence-corrected chi connectivity index (χ1v) is 5.72. The van der Waals surface area contributed by atoms with Gasteiger partial charge in [0.25, 0.3) is 5.91 Å². The van der Waals surface area contributed by atoms with Crippen LogP contribution in [0, 0.1) is 11.8 Å². The summed E-state index contributed by atoms with van der Waals surface area (Å²) in [5.74, 6) is 1.34. The number of carbonyl (C=O) groups is 1. The predicted octanol–water partition coefficient (Wildman–Crippen LogP) is 2.56. The monoisotopic (exact) mass is 224 g/mol. The lowest BCUT2D eigenvalue weighted by atomic mass is 9.83. The number of hydrogen-bond acceptors (Lipinski definition) is 3. The molecule has 0 spiro atoms. The van der Waals surface area contributed by atoms with Gasteiger partial charge in [-0.3, -0.25) is 4.79 Å². The summed E-state index contributed by atoms with van der Waals surface area (Å²) in [6, 6.07) is 0. The normalized spacial score (nSPS) is 15.1. The summed E-state index contributed by atoms with van der Waals surface area (Å²) in [7, 11) is 0. The van der Waals surface area contributed by atoms with E-state index in [1.165, 1.54) is 6.26 Å². The Kier molecular flexibility index (Phi) is 4.10. The molecule has 1 heterocycles. The van der Waals surface area contributed by atoms with E-state index in [4.69, 9.17) is 10.2 Å². The van der Waals surface area contributed by atoms with Crippen LogP contribution in [0.5, 0.6) is 0 Å². The number of carbonyl (C=O) groups excluding carboxylic acids is 1. The first-order valence-electron chi connectivity index (χ1n) is 5.72. The minimum atomic E-state index is -0.540. The fourth-order valence-electron chi connectivity index (χ4n) is 1.81. The van der Waals surface area contributed by atoms with Crippen molar-refractivity contribution in [3.63, 3.8) is 0 Å². The van der Waals surface area contributed by atoms with Gasteiger partial charge in [-0.05, 0) is 18.3 Å². The van der Waals surface area contributed by atoms with E-state index < -0.39 is 5.91 Å². The van der Waals surface area contributed by atoms with Crippen molar-refractivity contribution in [1.29, 1.82) is 0 Å². The molecule has 2 atom stereocenters. The van der Waals surface area contributed by atoms with Crippen LogP contribution in [0.3, 0.4) is 0 Å². The van der Waals surface area contributed by atoms with Crippen LogP contribution in [0.1, 0.15) is 56.4 Å². The minimum Gasteiger partial charge on any atom is -0.448 e. The molecule has 1 aromatic rings. The highest BCUT2D eigenvalue weighted by molar-refractivity contribution is 5.90. The topological polar surface area (TPSA) is 69.1 Å². The third-order valence-corrected chi connectivity index (χ3v) is 3.22. The smallest absolute Gasteiger partial charge is 0.270 e. The second-order valence-electron chi connectivity index (χ2n) is 4.55. The van der Waals surface area contributed by atoms with Crippen molar-refractivity contribution < 1.29 is 9.21 Å². The molecule has 0 aliphatic heterocycles. The number of rotatable bonds is 5. The van der Waals surface area contributed by atoms with E-state index in [2.05, 4.69) is 32.7 Å². The van der Waals surface area contributed by atoms with Crippen LogP contribution in [0.15, 0.2) is 10.7 Å². The molecule has 90 valence electrons. The Morgan fingerprint density at radius 3 is 2.50 bits per heavy atom. The second kappa shape index (κ2) is 5.14. The van der Waals surface area contributed by atoms with Crippen molar-refractivity contribution in [2.24, 2.45) is 17.6 Å². The van der Waals surface area contributed by atoms with Gasteiger partial charge in [-0.2, -0.15) is 0 Å². The first kappa shape index (κ1) is 12.7. The van der Waals surface area contributed by atoms with Crippen LogP contribution in [0.2, 0.25) is 0 Å². The summed E-state index contributed by atoms with van der Waals surface area (Å²) < 4.78 is 5.34. The Labute approximate surface area is 96.2 Å². The van der Waals surface area contributed by atoms with Crippen molar-refractivity contribution in [2.45, 2.75) is 40.0 Å². The molecule has 0 aliphatic carbocycles. The van der Waals surface area contributed by atoms with Crippen LogP contribution >= 0.6 is 0 Å². The van der Waals surface area contributed by atoms with Crippen LogP contribution in [0.4, 0.5) is 0 Å². The van der Waals surface area contributed by atoms with Crippen molar-refractivity contribution in [1.82, 2.24) is 4.98 Å². The van der Waals surface area contributed by atoms with Crippen molar-refractivity contribution in [2.75, 3.05) is 0 Å². The van der Waals surface area contributed by atoms with E-state index in [1.54, 1.807) is 0 Å². The maximum absolute atomic E-state index is 10.9. The molecule has 2 N–H and O–H groups in total. The standard InChI is InChI=1S/C12H20N2O2/c1-5-9(8(4)7(2)3)12-14-10(6-16-12)11(13)15/h6-9H,5H2,1-4H3,(H2,13,15). The number of oxazole rings is 1. The Hall–Kier alpha value is -1.32. The van der Waals surface area contributed by atoms with Crippen molar-refractivity contribution in [3.05, 3.63) is 17.8 Å². The lowest BCUT2D eigenvalue weighted by Crippen LogP contribution is -2.16. The molecule has 0 fully saturated rings. The Morgan fingerprint density at radius 1 is 1.50 bits per heavy atom. The zero-order chi connectivity index (χ0) is 12.3. The number of aromatic nitrogens is 1. The maximum atomic E-state index is 10.9. The van der Waals surface area contributed by atoms with E-state index in [0.717, 1.165) is 6.42 Å². The van der Waals surface area contributed by atoms with Crippen LogP contribution in [-0.2, 0) is 0 Å². The maximum Gasteiger partial charge on any atom is 0.270 e. The molecular formula is C12H20N2O2. The summed E-state index contributed by atoms with van der Waals surface area (Å²) in [6.07, 6.45) is 2.28. The summed E-state index contributed by atoms with van der Waals surface area (Å²) in [6.45, 7) is 8.61. The summed E-state index contributed by atoms with van der Waals surface area (Å²) in [5.41, 5.74) is 5.36. The first-order chi connectivity index (χ1) is 7.47. The highest BCUT2D eigenvalue weighted by atomic mass is 16.3. The molecular weight excluding hydrogens is 204 g/mol. The Balaban J connectivity index is 2.91. The highest BCUT2D eigenvalue weighted by Crippen LogP contribution is 2.31. The molecule has 0 saturated carbocycles. The third-order valence-electron chi connectivity index (χ3n) is 3.22. The molecule has 0 saturated heterocycles. The largest absolute Gasteiger partial charge is 0.448 e. The average molecular weight is 224 g/mol. The number of nitrogens with two attached hydrogens (primary N) is 1. The molecule has 16 heavy (non-hydrogen) atoms. The van der Waals surface area contributed by atoms with Gasteiger partial charge in [0.1, 0.15) is 6.26 Å². The van der Waals surface area contributed by atoms with E-state index in [0.29, 0.717) is 17.7 Å². The average Bonchev–Trinajstić information content (AvgIpc) is 2.68. The highest BCUT2D eigenvalue weighted by Gasteiger charge is 2.25. The fraction of sp³-hybridized carbons (Fsp3) is 0.667. The van der Waals surface area contributed by atoms with Gasteiger partial charge in [0.2, 0.25) is 0 Å². The fourth-order valence-corrected chi connectivity index (χ4v) is 1.81. The Bertz CT molecular complexity index is 358. The molecule has 0 bridgehead atoms. The number of amides is 1. The molecule has 4 nitrogen and oxygen atoms in total.